The second-order valence-electron chi connectivity index (χ2n) is 4.50. The Morgan fingerprint density at radius 2 is 2.14 bits per heavy atom. The van der Waals surface area contributed by atoms with E-state index in [1.807, 2.05) is 0 Å². The predicted molar refractivity (Wildman–Crippen MR) is 83.6 cm³/mol. The molecule has 0 unspecified atom stereocenters. The van der Waals surface area contributed by atoms with E-state index in [-0.39, 0.29) is 11.8 Å². The van der Waals surface area contributed by atoms with Crippen LogP contribution in [-0.4, -0.2) is 31.5 Å². The van der Waals surface area contributed by atoms with Crippen LogP contribution >= 0.6 is 0 Å². The molecule has 1 rings (SSSR count). The molecule has 1 aromatic carbocycles. The molecule has 0 heterocycles. The second kappa shape index (κ2) is 7.94. The summed E-state index contributed by atoms with van der Waals surface area (Å²) in [4.78, 5) is 22.9. The summed E-state index contributed by atoms with van der Waals surface area (Å²) in [7, 11) is 1.52. The molecule has 0 bridgehead atoms. The molecule has 0 saturated carbocycles. The van der Waals surface area contributed by atoms with Gasteiger partial charge in [-0.05, 0) is 19.1 Å². The van der Waals surface area contributed by atoms with E-state index in [1.54, 1.807) is 31.2 Å². The highest BCUT2D eigenvalue weighted by atomic mass is 16.5. The van der Waals surface area contributed by atoms with Crippen molar-refractivity contribution in [1.82, 2.24) is 5.32 Å². The van der Waals surface area contributed by atoms with Crippen molar-refractivity contribution in [3.8, 4) is 5.75 Å². The Hall–Kier alpha value is -2.50. The summed E-state index contributed by atoms with van der Waals surface area (Å²) in [6, 6.07) is 4.81. The van der Waals surface area contributed by atoms with E-state index in [9.17, 15) is 9.59 Å². The summed E-state index contributed by atoms with van der Waals surface area (Å²) in [6.45, 7) is 7.16. The molecule has 0 aliphatic carbocycles. The molecular formula is C15H21N3O3. The fraction of sp³-hybridized carbons (Fsp3) is 0.333. The van der Waals surface area contributed by atoms with Crippen LogP contribution in [0.3, 0.4) is 0 Å². The number of carbonyl (C=O) groups excluding carboxylic acids is 2. The van der Waals surface area contributed by atoms with Crippen molar-refractivity contribution in [2.24, 2.45) is 0 Å². The van der Waals surface area contributed by atoms with E-state index in [0.717, 1.165) is 5.69 Å². The highest BCUT2D eigenvalue weighted by Gasteiger charge is 2.13. The summed E-state index contributed by atoms with van der Waals surface area (Å²) in [5, 5.41) is 8.45. The molecule has 1 atom stereocenters. The molecule has 0 fully saturated rings. The molecule has 0 aliphatic rings. The normalized spacial score (nSPS) is 11.2. The van der Waals surface area contributed by atoms with Gasteiger partial charge in [-0.1, -0.05) is 6.08 Å². The number of anilines is 2. The van der Waals surface area contributed by atoms with Crippen molar-refractivity contribution in [1.29, 1.82) is 0 Å². The van der Waals surface area contributed by atoms with Gasteiger partial charge in [0.15, 0.2) is 0 Å². The minimum atomic E-state index is -0.402. The van der Waals surface area contributed by atoms with Crippen LogP contribution in [0.4, 0.5) is 11.4 Å². The number of benzene rings is 1. The van der Waals surface area contributed by atoms with Crippen molar-refractivity contribution in [2.75, 3.05) is 24.3 Å². The van der Waals surface area contributed by atoms with Crippen molar-refractivity contribution >= 4 is 23.2 Å². The third-order valence-corrected chi connectivity index (χ3v) is 2.71. The van der Waals surface area contributed by atoms with Crippen LogP contribution in [0.2, 0.25) is 0 Å². The summed E-state index contributed by atoms with van der Waals surface area (Å²) in [5.41, 5.74) is 1.31. The predicted octanol–water partition coefficient (Wildman–Crippen LogP) is 1.76. The van der Waals surface area contributed by atoms with Crippen LogP contribution in [0.1, 0.15) is 13.8 Å². The van der Waals surface area contributed by atoms with Gasteiger partial charge in [-0.3, -0.25) is 9.59 Å². The largest absolute Gasteiger partial charge is 0.494 e. The van der Waals surface area contributed by atoms with Gasteiger partial charge < -0.3 is 20.7 Å². The van der Waals surface area contributed by atoms with E-state index in [4.69, 9.17) is 4.74 Å². The number of hydrogen-bond acceptors (Lipinski definition) is 4. The lowest BCUT2D eigenvalue weighted by atomic mass is 10.2. The van der Waals surface area contributed by atoms with E-state index < -0.39 is 6.04 Å². The Morgan fingerprint density at radius 3 is 2.71 bits per heavy atom. The van der Waals surface area contributed by atoms with Crippen molar-refractivity contribution < 1.29 is 14.3 Å². The third kappa shape index (κ3) is 5.18. The van der Waals surface area contributed by atoms with Crippen molar-refractivity contribution in [2.45, 2.75) is 19.9 Å². The van der Waals surface area contributed by atoms with E-state index >= 15 is 0 Å². The molecule has 0 saturated heterocycles. The lowest BCUT2D eigenvalue weighted by Crippen LogP contribution is -2.37. The number of nitrogens with one attached hydrogen (secondary N) is 3. The Bertz CT molecular complexity index is 529. The molecule has 0 aromatic heterocycles. The van der Waals surface area contributed by atoms with Gasteiger partial charge in [-0.15, -0.1) is 6.58 Å². The van der Waals surface area contributed by atoms with Crippen molar-refractivity contribution in [3.63, 3.8) is 0 Å². The average Bonchev–Trinajstić information content (AvgIpc) is 2.45. The Balaban J connectivity index is 2.77. The summed E-state index contributed by atoms with van der Waals surface area (Å²) in [5.74, 6) is 0.222. The monoisotopic (exact) mass is 291 g/mol. The van der Waals surface area contributed by atoms with Gasteiger partial charge in [0, 0.05) is 25.2 Å². The number of rotatable bonds is 7. The molecule has 6 nitrogen and oxygen atoms in total. The lowest BCUT2D eigenvalue weighted by molar-refractivity contribution is -0.121. The van der Waals surface area contributed by atoms with Crippen molar-refractivity contribution in [3.05, 3.63) is 30.9 Å². The maximum atomic E-state index is 11.8. The molecule has 1 aromatic rings. The van der Waals surface area contributed by atoms with Gasteiger partial charge in [0.25, 0.3) is 0 Å². The summed E-state index contributed by atoms with van der Waals surface area (Å²) >= 11 is 0. The van der Waals surface area contributed by atoms with Crippen LogP contribution in [0.5, 0.6) is 5.75 Å². The number of hydrogen-bond donors (Lipinski definition) is 3. The van der Waals surface area contributed by atoms with Gasteiger partial charge >= 0.3 is 0 Å². The molecule has 0 spiro atoms. The fourth-order valence-electron chi connectivity index (χ4n) is 1.72. The fourth-order valence-corrected chi connectivity index (χ4v) is 1.72. The average molecular weight is 291 g/mol. The SMILES string of the molecule is C=CCNC(=O)[C@@H](C)Nc1ccc(NC(C)=O)c(OC)c1. The second-order valence-corrected chi connectivity index (χ2v) is 4.50. The number of amides is 2. The quantitative estimate of drug-likeness (QED) is 0.669. The minimum Gasteiger partial charge on any atom is -0.494 e. The molecule has 21 heavy (non-hydrogen) atoms. The van der Waals surface area contributed by atoms with E-state index in [1.165, 1.54) is 14.0 Å². The zero-order valence-corrected chi connectivity index (χ0v) is 12.5. The summed E-state index contributed by atoms with van der Waals surface area (Å²) in [6.07, 6.45) is 1.62. The number of carbonyl (C=O) groups is 2. The van der Waals surface area contributed by atoms with Gasteiger partial charge in [-0.2, -0.15) is 0 Å². The first-order chi connectivity index (χ1) is 9.97. The first kappa shape index (κ1) is 16.6. The molecule has 114 valence electrons. The molecular weight excluding hydrogens is 270 g/mol. The number of methoxy groups -OCH3 is 1. The van der Waals surface area contributed by atoms with E-state index in [2.05, 4.69) is 22.5 Å². The highest BCUT2D eigenvalue weighted by molar-refractivity contribution is 5.91. The van der Waals surface area contributed by atoms with Gasteiger partial charge in [0.2, 0.25) is 11.8 Å². The van der Waals surface area contributed by atoms with Gasteiger partial charge in [-0.25, -0.2) is 0 Å². The van der Waals surface area contributed by atoms with Crippen LogP contribution in [0.25, 0.3) is 0 Å². The Kier molecular flexibility index (Phi) is 6.26. The molecule has 2 amide bonds. The Morgan fingerprint density at radius 1 is 1.43 bits per heavy atom. The van der Waals surface area contributed by atoms with Crippen LogP contribution in [-0.2, 0) is 9.59 Å². The van der Waals surface area contributed by atoms with Gasteiger partial charge in [0.1, 0.15) is 11.8 Å². The molecule has 6 heteroatoms. The number of ether oxygens (including phenoxy) is 1. The first-order valence-corrected chi connectivity index (χ1v) is 6.58. The molecule has 0 radical (unpaired) electrons. The maximum absolute atomic E-state index is 11.8. The standard InChI is InChI=1S/C15H21N3O3/c1-5-8-16-15(20)10(2)17-12-6-7-13(18-11(3)19)14(9-12)21-4/h5-7,9-10,17H,1,8H2,2-4H3,(H,16,20)(H,18,19)/t10-/m1/s1. The third-order valence-electron chi connectivity index (χ3n) is 2.71. The van der Waals surface area contributed by atoms with E-state index in [0.29, 0.717) is 18.0 Å². The maximum Gasteiger partial charge on any atom is 0.242 e. The summed E-state index contributed by atoms with van der Waals surface area (Å²) < 4.78 is 5.23. The zero-order valence-electron chi connectivity index (χ0n) is 12.5. The smallest absolute Gasteiger partial charge is 0.242 e. The lowest BCUT2D eigenvalue weighted by Gasteiger charge is -2.16. The minimum absolute atomic E-state index is 0.125. The first-order valence-electron chi connectivity index (χ1n) is 6.58. The topological polar surface area (TPSA) is 79.5 Å². The van der Waals surface area contributed by atoms with Crippen LogP contribution in [0.15, 0.2) is 30.9 Å². The molecule has 0 aliphatic heterocycles. The highest BCUT2D eigenvalue weighted by Crippen LogP contribution is 2.28. The van der Waals surface area contributed by atoms with Crippen LogP contribution < -0.4 is 20.7 Å². The zero-order chi connectivity index (χ0) is 15.8. The Labute approximate surface area is 124 Å². The van der Waals surface area contributed by atoms with Gasteiger partial charge in [0.05, 0.1) is 12.8 Å². The molecule has 3 N–H and O–H groups in total. The van der Waals surface area contributed by atoms with Crippen LogP contribution in [0, 0.1) is 0 Å².